The molecule has 0 bridgehead atoms. The van der Waals surface area contributed by atoms with Crippen LogP contribution in [0.5, 0.6) is 0 Å². The summed E-state index contributed by atoms with van der Waals surface area (Å²) >= 11 is 5.68. The molecule has 0 aliphatic carbocycles. The summed E-state index contributed by atoms with van der Waals surface area (Å²) in [6.07, 6.45) is 1.09. The van der Waals surface area contributed by atoms with Crippen LogP contribution < -0.4 is 5.32 Å². The fraction of sp³-hybridized carbons (Fsp3) is 0.231. The van der Waals surface area contributed by atoms with Gasteiger partial charge in [0, 0.05) is 30.8 Å². The van der Waals surface area contributed by atoms with Gasteiger partial charge >= 0.3 is 11.9 Å². The van der Waals surface area contributed by atoms with Crippen molar-refractivity contribution in [2.75, 3.05) is 5.32 Å². The third kappa shape index (κ3) is 3.27. The van der Waals surface area contributed by atoms with Crippen molar-refractivity contribution >= 4 is 29.2 Å². The number of carbonyl (C=O) groups is 2. The number of hydrogen-bond donors (Lipinski definition) is 1. The van der Waals surface area contributed by atoms with Crippen LogP contribution >= 0.6 is 11.6 Å². The molecule has 7 heteroatoms. The first-order valence-corrected chi connectivity index (χ1v) is 6.04. The SMILES string of the molecule is CC1(C)OC(=O)C(=CNc2cc(F)cc(Cl)c2)C(=O)O1. The second-order valence-corrected chi connectivity index (χ2v) is 4.98. The van der Waals surface area contributed by atoms with Crippen molar-refractivity contribution in [2.24, 2.45) is 0 Å². The Morgan fingerprint density at radius 3 is 2.35 bits per heavy atom. The van der Waals surface area contributed by atoms with Gasteiger partial charge in [0.25, 0.3) is 5.79 Å². The normalized spacial score (nSPS) is 17.3. The number of benzene rings is 1. The number of halogens is 2. The van der Waals surface area contributed by atoms with Gasteiger partial charge in [-0.1, -0.05) is 11.6 Å². The van der Waals surface area contributed by atoms with E-state index in [1.54, 1.807) is 0 Å². The molecule has 5 nitrogen and oxygen atoms in total. The first-order valence-electron chi connectivity index (χ1n) is 5.66. The average molecular weight is 300 g/mol. The van der Waals surface area contributed by atoms with Crippen LogP contribution in [0.4, 0.5) is 10.1 Å². The molecule has 2 rings (SSSR count). The summed E-state index contributed by atoms with van der Waals surface area (Å²) in [7, 11) is 0. The second-order valence-electron chi connectivity index (χ2n) is 4.54. The van der Waals surface area contributed by atoms with E-state index in [9.17, 15) is 14.0 Å². The van der Waals surface area contributed by atoms with Gasteiger partial charge in [0.05, 0.1) is 0 Å². The molecule has 20 heavy (non-hydrogen) atoms. The van der Waals surface area contributed by atoms with E-state index in [1.807, 2.05) is 0 Å². The lowest BCUT2D eigenvalue weighted by Gasteiger charge is -2.29. The minimum absolute atomic E-state index is 0.181. The van der Waals surface area contributed by atoms with Gasteiger partial charge in [-0.25, -0.2) is 14.0 Å². The minimum Gasteiger partial charge on any atom is -0.419 e. The van der Waals surface area contributed by atoms with Crippen molar-refractivity contribution in [2.45, 2.75) is 19.6 Å². The zero-order valence-electron chi connectivity index (χ0n) is 10.7. The number of nitrogens with one attached hydrogen (secondary N) is 1. The fourth-order valence-corrected chi connectivity index (χ4v) is 1.79. The van der Waals surface area contributed by atoms with E-state index >= 15 is 0 Å². The van der Waals surface area contributed by atoms with Gasteiger partial charge in [-0.3, -0.25) is 0 Å². The molecule has 1 aromatic rings. The summed E-state index contributed by atoms with van der Waals surface area (Å²) in [6.45, 7) is 2.89. The van der Waals surface area contributed by atoms with E-state index in [0.29, 0.717) is 0 Å². The van der Waals surface area contributed by atoms with Crippen molar-refractivity contribution in [3.8, 4) is 0 Å². The largest absolute Gasteiger partial charge is 0.419 e. The van der Waals surface area contributed by atoms with Gasteiger partial charge in [-0.05, 0) is 18.2 Å². The smallest absolute Gasteiger partial charge is 0.350 e. The van der Waals surface area contributed by atoms with Crippen LogP contribution in [0.1, 0.15) is 13.8 Å². The Morgan fingerprint density at radius 2 is 1.80 bits per heavy atom. The summed E-state index contributed by atoms with van der Waals surface area (Å²) in [6, 6.07) is 3.73. The van der Waals surface area contributed by atoms with Gasteiger partial charge in [-0.2, -0.15) is 0 Å². The Hall–Kier alpha value is -2.08. The number of rotatable bonds is 2. The number of hydrogen-bond acceptors (Lipinski definition) is 5. The summed E-state index contributed by atoms with van der Waals surface area (Å²) < 4.78 is 22.9. The molecule has 1 fully saturated rings. The Labute approximate surface area is 119 Å². The van der Waals surface area contributed by atoms with Crippen molar-refractivity contribution < 1.29 is 23.5 Å². The van der Waals surface area contributed by atoms with E-state index in [4.69, 9.17) is 21.1 Å². The van der Waals surface area contributed by atoms with E-state index in [1.165, 1.54) is 19.9 Å². The predicted octanol–water partition coefficient (Wildman–Crippen LogP) is 2.61. The summed E-state index contributed by atoms with van der Waals surface area (Å²) in [5.41, 5.74) is -0.0300. The topological polar surface area (TPSA) is 64.6 Å². The van der Waals surface area contributed by atoms with Gasteiger partial charge in [0.2, 0.25) is 0 Å². The summed E-state index contributed by atoms with van der Waals surface area (Å²) in [5, 5.41) is 2.78. The quantitative estimate of drug-likeness (QED) is 0.516. The van der Waals surface area contributed by atoms with Crippen LogP contribution in [0, 0.1) is 5.82 Å². The van der Waals surface area contributed by atoms with Crippen molar-refractivity contribution in [3.05, 3.63) is 40.8 Å². The van der Waals surface area contributed by atoms with Crippen LogP contribution in [0.15, 0.2) is 30.0 Å². The highest BCUT2D eigenvalue weighted by Gasteiger charge is 2.38. The zero-order valence-corrected chi connectivity index (χ0v) is 11.5. The highest BCUT2D eigenvalue weighted by atomic mass is 35.5. The maximum absolute atomic E-state index is 13.1. The van der Waals surface area contributed by atoms with Crippen LogP contribution in [0.25, 0.3) is 0 Å². The molecule has 106 valence electrons. The molecule has 0 saturated carbocycles. The maximum Gasteiger partial charge on any atom is 0.350 e. The molecular weight excluding hydrogens is 289 g/mol. The Balaban J connectivity index is 2.19. The molecule has 0 spiro atoms. The lowest BCUT2D eigenvalue weighted by molar-refractivity contribution is -0.222. The van der Waals surface area contributed by atoms with Crippen molar-refractivity contribution in [3.63, 3.8) is 0 Å². The molecule has 0 unspecified atom stereocenters. The van der Waals surface area contributed by atoms with E-state index in [2.05, 4.69) is 5.32 Å². The molecule has 1 saturated heterocycles. The minimum atomic E-state index is -1.30. The molecule has 0 radical (unpaired) electrons. The Bertz CT molecular complexity index is 570. The number of cyclic esters (lactones) is 2. The first kappa shape index (κ1) is 14.3. The molecule has 1 aromatic carbocycles. The molecule has 0 atom stereocenters. The molecule has 1 N–H and O–H groups in total. The van der Waals surface area contributed by atoms with Crippen LogP contribution in [-0.4, -0.2) is 17.7 Å². The van der Waals surface area contributed by atoms with Crippen LogP contribution in [0.3, 0.4) is 0 Å². The highest BCUT2D eigenvalue weighted by molar-refractivity contribution is 6.30. The fourth-order valence-electron chi connectivity index (χ4n) is 1.57. The Kier molecular flexibility index (Phi) is 3.67. The molecule has 0 aromatic heterocycles. The van der Waals surface area contributed by atoms with E-state index in [-0.39, 0.29) is 16.3 Å². The number of anilines is 1. The monoisotopic (exact) mass is 299 g/mol. The first-order chi connectivity index (χ1) is 9.27. The predicted molar refractivity (Wildman–Crippen MR) is 69.4 cm³/mol. The van der Waals surface area contributed by atoms with E-state index < -0.39 is 23.5 Å². The van der Waals surface area contributed by atoms with Crippen LogP contribution in [0.2, 0.25) is 5.02 Å². The average Bonchev–Trinajstić information content (AvgIpc) is 2.24. The number of carbonyl (C=O) groups excluding carboxylic acids is 2. The summed E-state index contributed by atoms with van der Waals surface area (Å²) in [5.74, 6) is -3.48. The second kappa shape index (κ2) is 5.13. The van der Waals surface area contributed by atoms with E-state index in [0.717, 1.165) is 18.3 Å². The van der Waals surface area contributed by atoms with Crippen molar-refractivity contribution in [1.29, 1.82) is 0 Å². The van der Waals surface area contributed by atoms with Gasteiger partial charge in [0.15, 0.2) is 5.57 Å². The molecule has 1 aliphatic rings. The molecular formula is C13H11ClFNO4. The lowest BCUT2D eigenvalue weighted by Crippen LogP contribution is -2.42. The maximum atomic E-state index is 13.1. The molecule has 1 aliphatic heterocycles. The highest BCUT2D eigenvalue weighted by Crippen LogP contribution is 2.23. The summed E-state index contributed by atoms with van der Waals surface area (Å²) in [4.78, 5) is 23.3. The third-order valence-electron chi connectivity index (χ3n) is 2.36. The van der Waals surface area contributed by atoms with Gasteiger partial charge < -0.3 is 14.8 Å². The number of esters is 2. The lowest BCUT2D eigenvalue weighted by atomic mass is 10.2. The zero-order chi connectivity index (χ0) is 14.9. The van der Waals surface area contributed by atoms with Crippen LogP contribution in [-0.2, 0) is 19.1 Å². The van der Waals surface area contributed by atoms with Gasteiger partial charge in [0.1, 0.15) is 5.82 Å². The molecule has 0 amide bonds. The molecule has 1 heterocycles. The number of ether oxygens (including phenoxy) is 2. The Morgan fingerprint density at radius 1 is 1.20 bits per heavy atom. The van der Waals surface area contributed by atoms with Gasteiger partial charge in [-0.15, -0.1) is 0 Å². The van der Waals surface area contributed by atoms with Crippen molar-refractivity contribution in [1.82, 2.24) is 0 Å². The third-order valence-corrected chi connectivity index (χ3v) is 2.58. The standard InChI is InChI=1S/C13H11ClFNO4/c1-13(2)19-11(17)10(12(18)20-13)6-16-9-4-7(14)3-8(15)5-9/h3-6,16H,1-2H3.